The molecule has 0 aromatic carbocycles. The van der Waals surface area contributed by atoms with Crippen LogP contribution in [0, 0.1) is 0 Å². The normalized spacial score (nSPS) is 13.9. The van der Waals surface area contributed by atoms with Gasteiger partial charge in [-0.15, -0.1) is 11.3 Å². The predicted octanol–water partition coefficient (Wildman–Crippen LogP) is 3.17. The number of ether oxygens (including phenoxy) is 1. The van der Waals surface area contributed by atoms with E-state index >= 15 is 0 Å². The van der Waals surface area contributed by atoms with Crippen LogP contribution in [-0.4, -0.2) is 23.6 Å². The molecule has 0 bridgehead atoms. The molecule has 0 fully saturated rings. The van der Waals surface area contributed by atoms with Gasteiger partial charge in [0.05, 0.1) is 12.0 Å². The van der Waals surface area contributed by atoms with E-state index in [9.17, 15) is 4.79 Å². The van der Waals surface area contributed by atoms with E-state index < -0.39 is 0 Å². The third-order valence-electron chi connectivity index (χ3n) is 3.06. The van der Waals surface area contributed by atoms with Crippen molar-refractivity contribution in [2.75, 3.05) is 12.9 Å². The van der Waals surface area contributed by atoms with Crippen molar-refractivity contribution in [1.29, 1.82) is 0 Å². The van der Waals surface area contributed by atoms with Crippen molar-refractivity contribution in [3.8, 4) is 5.75 Å². The summed E-state index contributed by atoms with van der Waals surface area (Å²) in [6.07, 6.45) is 2.69. The number of hydrogen-bond donors (Lipinski definition) is 0. The van der Waals surface area contributed by atoms with Crippen LogP contribution in [0.3, 0.4) is 0 Å². The van der Waals surface area contributed by atoms with Gasteiger partial charge in [0.2, 0.25) is 5.78 Å². The quantitative estimate of drug-likeness (QED) is 0.814. The SMILES string of the molecule is COc1cccnc1C(=O)c1cc2c(s1)CCSC2. The Bertz CT molecular complexity index is 598. The highest BCUT2D eigenvalue weighted by atomic mass is 32.2. The maximum Gasteiger partial charge on any atom is 0.225 e. The Morgan fingerprint density at radius 2 is 2.37 bits per heavy atom. The van der Waals surface area contributed by atoms with Crippen LogP contribution in [0.25, 0.3) is 0 Å². The van der Waals surface area contributed by atoms with E-state index in [0.717, 1.165) is 22.8 Å². The summed E-state index contributed by atoms with van der Waals surface area (Å²) in [7, 11) is 1.56. The number of fused-ring (bicyclic) bond motifs is 1. The molecule has 2 aromatic rings. The number of aromatic nitrogens is 1. The number of methoxy groups -OCH3 is 1. The molecule has 0 N–H and O–H groups in total. The summed E-state index contributed by atoms with van der Waals surface area (Å²) < 4.78 is 5.21. The summed E-state index contributed by atoms with van der Waals surface area (Å²) >= 11 is 3.52. The number of thioether (sulfide) groups is 1. The molecular weight excluding hydrogens is 278 g/mol. The molecule has 0 radical (unpaired) electrons. The summed E-state index contributed by atoms with van der Waals surface area (Å²) in [6, 6.07) is 5.55. The number of rotatable bonds is 3. The first-order valence-electron chi connectivity index (χ1n) is 6.02. The molecule has 1 aliphatic rings. The zero-order chi connectivity index (χ0) is 13.2. The molecule has 1 aliphatic heterocycles. The largest absolute Gasteiger partial charge is 0.494 e. The average molecular weight is 291 g/mol. The van der Waals surface area contributed by atoms with E-state index in [1.54, 1.807) is 36.8 Å². The van der Waals surface area contributed by atoms with Gasteiger partial charge in [0.1, 0.15) is 5.75 Å². The van der Waals surface area contributed by atoms with Crippen LogP contribution < -0.4 is 4.74 Å². The molecular formula is C14H13NO2S2. The highest BCUT2D eigenvalue weighted by Crippen LogP contribution is 2.33. The Kier molecular flexibility index (Phi) is 3.57. The van der Waals surface area contributed by atoms with Crippen LogP contribution in [0.1, 0.15) is 25.8 Å². The number of carbonyl (C=O) groups is 1. The molecule has 0 aliphatic carbocycles. The minimum Gasteiger partial charge on any atom is -0.494 e. The summed E-state index contributed by atoms with van der Waals surface area (Å²) in [5.41, 5.74) is 1.70. The molecule has 3 nitrogen and oxygen atoms in total. The van der Waals surface area contributed by atoms with Crippen LogP contribution >= 0.6 is 23.1 Å². The number of pyridine rings is 1. The second-order valence-corrected chi connectivity index (χ2v) is 6.49. The van der Waals surface area contributed by atoms with Gasteiger partial charge in [0, 0.05) is 16.8 Å². The second-order valence-electron chi connectivity index (χ2n) is 4.25. The van der Waals surface area contributed by atoms with Crippen molar-refractivity contribution in [2.45, 2.75) is 12.2 Å². The summed E-state index contributed by atoms with van der Waals surface area (Å²) in [4.78, 5) is 18.8. The van der Waals surface area contributed by atoms with E-state index in [2.05, 4.69) is 4.98 Å². The van der Waals surface area contributed by atoms with Crippen LogP contribution in [-0.2, 0) is 12.2 Å². The minimum absolute atomic E-state index is 0.0400. The Morgan fingerprint density at radius 1 is 1.47 bits per heavy atom. The first-order chi connectivity index (χ1) is 9.29. The fourth-order valence-corrected chi connectivity index (χ4v) is 4.41. The van der Waals surface area contributed by atoms with Crippen molar-refractivity contribution in [3.05, 3.63) is 45.4 Å². The fourth-order valence-electron chi connectivity index (χ4n) is 2.10. The first kappa shape index (κ1) is 12.7. The van der Waals surface area contributed by atoms with E-state index in [1.807, 2.05) is 17.8 Å². The monoisotopic (exact) mass is 291 g/mol. The topological polar surface area (TPSA) is 39.2 Å². The van der Waals surface area contributed by atoms with Crippen molar-refractivity contribution in [1.82, 2.24) is 4.98 Å². The molecule has 0 saturated heterocycles. The molecule has 0 amide bonds. The zero-order valence-electron chi connectivity index (χ0n) is 10.5. The number of hydrogen-bond acceptors (Lipinski definition) is 5. The molecule has 3 rings (SSSR count). The fraction of sp³-hybridized carbons (Fsp3) is 0.286. The standard InChI is InChI=1S/C14H13NO2S2/c1-17-10-3-2-5-15-13(10)14(16)12-7-9-8-18-6-4-11(9)19-12/h2-3,5,7H,4,6,8H2,1H3. The van der Waals surface area contributed by atoms with Crippen LogP contribution in [0.2, 0.25) is 0 Å². The third-order valence-corrected chi connectivity index (χ3v) is 5.30. The van der Waals surface area contributed by atoms with E-state index in [1.165, 1.54) is 10.4 Å². The number of ketones is 1. The highest BCUT2D eigenvalue weighted by molar-refractivity contribution is 7.98. The van der Waals surface area contributed by atoms with Gasteiger partial charge < -0.3 is 4.74 Å². The van der Waals surface area contributed by atoms with Gasteiger partial charge in [-0.2, -0.15) is 11.8 Å². The van der Waals surface area contributed by atoms with Gasteiger partial charge in [-0.1, -0.05) is 0 Å². The number of nitrogens with zero attached hydrogens (tertiary/aromatic N) is 1. The van der Waals surface area contributed by atoms with E-state index in [0.29, 0.717) is 11.4 Å². The second kappa shape index (κ2) is 5.35. The molecule has 0 atom stereocenters. The lowest BCUT2D eigenvalue weighted by molar-refractivity contribution is 0.103. The van der Waals surface area contributed by atoms with Crippen molar-refractivity contribution in [2.24, 2.45) is 0 Å². The molecule has 0 unspecified atom stereocenters. The summed E-state index contributed by atoms with van der Waals surface area (Å²) in [6.45, 7) is 0. The third kappa shape index (κ3) is 2.40. The lowest BCUT2D eigenvalue weighted by Gasteiger charge is -2.08. The van der Waals surface area contributed by atoms with E-state index in [4.69, 9.17) is 4.74 Å². The minimum atomic E-state index is -0.0400. The zero-order valence-corrected chi connectivity index (χ0v) is 12.1. The predicted molar refractivity (Wildman–Crippen MR) is 78.4 cm³/mol. The molecule has 0 saturated carbocycles. The van der Waals surface area contributed by atoms with Crippen LogP contribution in [0.4, 0.5) is 0 Å². The number of aryl methyl sites for hydroxylation is 1. The van der Waals surface area contributed by atoms with Gasteiger partial charge in [-0.25, -0.2) is 4.98 Å². The highest BCUT2D eigenvalue weighted by Gasteiger charge is 2.21. The van der Waals surface area contributed by atoms with Crippen LogP contribution in [0.5, 0.6) is 5.75 Å². The number of thiophene rings is 1. The Labute approximate surface area is 120 Å². The molecule has 2 aromatic heterocycles. The Morgan fingerprint density at radius 3 is 3.16 bits per heavy atom. The van der Waals surface area contributed by atoms with Gasteiger partial charge in [0.15, 0.2) is 5.69 Å². The Hall–Kier alpha value is -1.33. The molecule has 3 heterocycles. The lowest BCUT2D eigenvalue weighted by Crippen LogP contribution is -2.04. The maximum absolute atomic E-state index is 12.5. The lowest BCUT2D eigenvalue weighted by atomic mass is 10.1. The molecule has 19 heavy (non-hydrogen) atoms. The van der Waals surface area contributed by atoms with Gasteiger partial charge >= 0.3 is 0 Å². The van der Waals surface area contributed by atoms with Gasteiger partial charge in [-0.3, -0.25) is 4.79 Å². The molecule has 98 valence electrons. The van der Waals surface area contributed by atoms with Gasteiger partial charge in [-0.05, 0) is 35.9 Å². The molecule has 5 heteroatoms. The van der Waals surface area contributed by atoms with Gasteiger partial charge in [0.25, 0.3) is 0 Å². The Balaban J connectivity index is 1.97. The van der Waals surface area contributed by atoms with Crippen molar-refractivity contribution < 1.29 is 9.53 Å². The smallest absolute Gasteiger partial charge is 0.225 e. The van der Waals surface area contributed by atoms with Crippen LogP contribution in [0.15, 0.2) is 24.4 Å². The summed E-state index contributed by atoms with van der Waals surface area (Å²) in [5, 5.41) is 0. The maximum atomic E-state index is 12.5. The number of carbonyl (C=O) groups excluding carboxylic acids is 1. The average Bonchev–Trinajstić information content (AvgIpc) is 2.90. The van der Waals surface area contributed by atoms with Crippen molar-refractivity contribution >= 4 is 28.9 Å². The van der Waals surface area contributed by atoms with E-state index in [-0.39, 0.29) is 5.78 Å². The molecule has 0 spiro atoms. The van der Waals surface area contributed by atoms with Crippen molar-refractivity contribution in [3.63, 3.8) is 0 Å². The summed E-state index contributed by atoms with van der Waals surface area (Å²) in [5.74, 6) is 2.65. The first-order valence-corrected chi connectivity index (χ1v) is 7.99.